The summed E-state index contributed by atoms with van der Waals surface area (Å²) in [6.45, 7) is 6.23. The Kier molecular flexibility index (Phi) is 7.38. The molecule has 0 fully saturated rings. The largest absolute Gasteiger partial charge is 0.478 e. The van der Waals surface area contributed by atoms with E-state index in [1.165, 1.54) is 4.90 Å². The monoisotopic (exact) mass is 485 g/mol. The molecule has 0 radical (unpaired) electrons. The summed E-state index contributed by atoms with van der Waals surface area (Å²) in [6.07, 6.45) is 2.45. The molecule has 3 aromatic carbocycles. The van der Waals surface area contributed by atoms with E-state index in [2.05, 4.69) is 17.6 Å². The molecule has 1 amide bonds. The first kappa shape index (κ1) is 25.0. The highest BCUT2D eigenvalue weighted by atomic mass is 16.6. The van der Waals surface area contributed by atoms with Gasteiger partial charge in [0.15, 0.2) is 0 Å². The Morgan fingerprint density at radius 2 is 1.81 bits per heavy atom. The molecule has 0 unspecified atom stereocenters. The van der Waals surface area contributed by atoms with Crippen LogP contribution in [0.1, 0.15) is 48.4 Å². The van der Waals surface area contributed by atoms with E-state index in [4.69, 9.17) is 9.72 Å². The van der Waals surface area contributed by atoms with Crippen molar-refractivity contribution in [2.24, 2.45) is 0 Å². The average Bonchev–Trinajstić information content (AvgIpc) is 3.24. The van der Waals surface area contributed by atoms with Crippen LogP contribution in [0.15, 0.2) is 60.7 Å². The fourth-order valence-electron chi connectivity index (χ4n) is 4.43. The lowest BCUT2D eigenvalue weighted by Gasteiger charge is -2.17. The lowest BCUT2D eigenvalue weighted by atomic mass is 9.95. The molecule has 0 bridgehead atoms. The Morgan fingerprint density at radius 3 is 2.50 bits per heavy atom. The van der Waals surface area contributed by atoms with Crippen LogP contribution in [0.4, 0.5) is 10.5 Å². The number of unbranched alkanes of at least 4 members (excludes halogenated alkanes) is 1. The zero-order valence-electron chi connectivity index (χ0n) is 21.1. The summed E-state index contributed by atoms with van der Waals surface area (Å²) in [6, 6.07) is 18.8. The van der Waals surface area contributed by atoms with Gasteiger partial charge < -0.3 is 9.84 Å². The van der Waals surface area contributed by atoms with Gasteiger partial charge in [-0.3, -0.25) is 9.47 Å². The minimum absolute atomic E-state index is 0.275. The van der Waals surface area contributed by atoms with Gasteiger partial charge in [-0.15, -0.1) is 0 Å². The summed E-state index contributed by atoms with van der Waals surface area (Å²) in [5.74, 6) is -0.00402. The SMILES string of the molecule is CCCCc1nc2ccc(N(C)C(=O)OCC)cc2n1-c1ccc(-c2ccccc2C(=O)O)c(C)c1. The third-order valence-electron chi connectivity index (χ3n) is 6.31. The number of benzene rings is 3. The number of ether oxygens (including phenoxy) is 1. The second-order valence-electron chi connectivity index (χ2n) is 8.75. The number of fused-ring (bicyclic) bond motifs is 1. The van der Waals surface area contributed by atoms with Gasteiger partial charge in [0.25, 0.3) is 0 Å². The third-order valence-corrected chi connectivity index (χ3v) is 6.31. The first-order valence-corrected chi connectivity index (χ1v) is 12.2. The second-order valence-corrected chi connectivity index (χ2v) is 8.75. The maximum absolute atomic E-state index is 12.3. The van der Waals surface area contributed by atoms with Crippen molar-refractivity contribution in [1.29, 1.82) is 0 Å². The molecular formula is C29H31N3O4. The van der Waals surface area contributed by atoms with Gasteiger partial charge in [0.1, 0.15) is 5.82 Å². The van der Waals surface area contributed by atoms with Crippen molar-refractivity contribution < 1.29 is 19.4 Å². The van der Waals surface area contributed by atoms with Crippen molar-refractivity contribution in [3.63, 3.8) is 0 Å². The molecule has 0 aliphatic heterocycles. The highest BCUT2D eigenvalue weighted by Crippen LogP contribution is 2.32. The smallest absolute Gasteiger partial charge is 0.413 e. The van der Waals surface area contributed by atoms with Crippen molar-refractivity contribution in [2.75, 3.05) is 18.6 Å². The molecule has 1 N–H and O–H groups in total. The van der Waals surface area contributed by atoms with Crippen molar-refractivity contribution in [3.05, 3.63) is 77.6 Å². The number of aromatic carboxylic acids is 1. The Morgan fingerprint density at radius 1 is 1.03 bits per heavy atom. The maximum atomic E-state index is 12.3. The highest BCUT2D eigenvalue weighted by molar-refractivity contribution is 5.96. The van der Waals surface area contributed by atoms with Crippen LogP contribution in [0.3, 0.4) is 0 Å². The van der Waals surface area contributed by atoms with Gasteiger partial charge >= 0.3 is 12.1 Å². The topological polar surface area (TPSA) is 84.7 Å². The van der Waals surface area contributed by atoms with Crippen LogP contribution in [0.25, 0.3) is 27.8 Å². The normalized spacial score (nSPS) is 11.0. The molecule has 0 saturated heterocycles. The van der Waals surface area contributed by atoms with Gasteiger partial charge in [-0.1, -0.05) is 37.6 Å². The molecule has 0 atom stereocenters. The number of aromatic nitrogens is 2. The van der Waals surface area contributed by atoms with E-state index >= 15 is 0 Å². The number of carbonyl (C=O) groups excluding carboxylic acids is 1. The second kappa shape index (κ2) is 10.6. The maximum Gasteiger partial charge on any atom is 0.413 e. The van der Waals surface area contributed by atoms with Gasteiger partial charge in [0.05, 0.1) is 23.2 Å². The zero-order valence-corrected chi connectivity index (χ0v) is 21.1. The van der Waals surface area contributed by atoms with Gasteiger partial charge in [-0.2, -0.15) is 0 Å². The molecule has 1 aromatic heterocycles. The predicted octanol–water partition coefficient (Wildman–Crippen LogP) is 6.63. The van der Waals surface area contributed by atoms with Crippen molar-refractivity contribution in [3.8, 4) is 16.8 Å². The van der Waals surface area contributed by atoms with Crippen LogP contribution in [0, 0.1) is 6.92 Å². The molecular weight excluding hydrogens is 454 g/mol. The van der Waals surface area contributed by atoms with Crippen LogP contribution < -0.4 is 4.90 Å². The van der Waals surface area contributed by atoms with Crippen molar-refractivity contribution in [1.82, 2.24) is 9.55 Å². The number of rotatable bonds is 8. The third kappa shape index (κ3) is 4.82. The number of anilines is 1. The van der Waals surface area contributed by atoms with Crippen molar-refractivity contribution in [2.45, 2.75) is 40.0 Å². The molecule has 0 saturated carbocycles. The molecule has 4 aromatic rings. The first-order valence-electron chi connectivity index (χ1n) is 12.2. The lowest BCUT2D eigenvalue weighted by Crippen LogP contribution is -2.26. The predicted molar refractivity (Wildman–Crippen MR) is 142 cm³/mol. The van der Waals surface area contributed by atoms with Crippen LogP contribution in [-0.4, -0.2) is 40.4 Å². The average molecular weight is 486 g/mol. The minimum atomic E-state index is -0.949. The lowest BCUT2D eigenvalue weighted by molar-refractivity contribution is 0.0697. The molecule has 186 valence electrons. The number of hydrogen-bond donors (Lipinski definition) is 1. The summed E-state index contributed by atoms with van der Waals surface area (Å²) in [4.78, 5) is 30.5. The molecule has 7 heteroatoms. The summed E-state index contributed by atoms with van der Waals surface area (Å²) in [7, 11) is 1.69. The fourth-order valence-corrected chi connectivity index (χ4v) is 4.43. The first-order chi connectivity index (χ1) is 17.3. The highest BCUT2D eigenvalue weighted by Gasteiger charge is 2.18. The van der Waals surface area contributed by atoms with Gasteiger partial charge in [0, 0.05) is 24.8 Å². The Labute approximate surface area is 211 Å². The molecule has 0 spiro atoms. The van der Waals surface area contributed by atoms with Crippen LogP contribution in [0.2, 0.25) is 0 Å². The van der Waals surface area contributed by atoms with E-state index in [9.17, 15) is 14.7 Å². The standard InChI is InChI=1S/C29H31N3O4/c1-5-7-12-27-30-25-16-14-20(31(4)29(35)36-6-2)18-26(25)32(27)21-13-15-22(19(3)17-21)23-10-8-9-11-24(23)28(33)34/h8-11,13-18H,5-7,12H2,1-4H3,(H,33,34). The van der Waals surface area contributed by atoms with E-state index in [0.717, 1.165) is 52.9 Å². The van der Waals surface area contributed by atoms with Gasteiger partial charge in [0.2, 0.25) is 0 Å². The van der Waals surface area contributed by atoms with E-state index in [-0.39, 0.29) is 5.56 Å². The molecule has 4 rings (SSSR count). The minimum Gasteiger partial charge on any atom is -0.478 e. The molecule has 1 heterocycles. The molecule has 7 nitrogen and oxygen atoms in total. The summed E-state index contributed by atoms with van der Waals surface area (Å²) in [5.41, 5.74) is 6.20. The molecule has 0 aliphatic rings. The number of carbonyl (C=O) groups is 2. The van der Waals surface area contributed by atoms with Gasteiger partial charge in [-0.25, -0.2) is 14.6 Å². The molecule has 36 heavy (non-hydrogen) atoms. The number of amides is 1. The van der Waals surface area contributed by atoms with Crippen LogP contribution >= 0.6 is 0 Å². The van der Waals surface area contributed by atoms with Gasteiger partial charge in [-0.05, 0) is 73.4 Å². The van der Waals surface area contributed by atoms with E-state index in [0.29, 0.717) is 17.9 Å². The zero-order chi connectivity index (χ0) is 25.8. The summed E-state index contributed by atoms with van der Waals surface area (Å²) in [5, 5.41) is 9.65. The van der Waals surface area contributed by atoms with Crippen LogP contribution in [-0.2, 0) is 11.2 Å². The molecule has 0 aliphatic carbocycles. The quantitative estimate of drug-likeness (QED) is 0.303. The Balaban J connectivity index is 1.85. The van der Waals surface area contributed by atoms with E-state index in [1.807, 2.05) is 49.4 Å². The van der Waals surface area contributed by atoms with E-state index < -0.39 is 12.1 Å². The van der Waals surface area contributed by atoms with E-state index in [1.54, 1.807) is 26.1 Å². The van der Waals surface area contributed by atoms with Crippen molar-refractivity contribution >= 4 is 28.8 Å². The number of nitrogens with zero attached hydrogens (tertiary/aromatic N) is 3. The number of hydrogen-bond acceptors (Lipinski definition) is 4. The number of imidazole rings is 1. The van der Waals surface area contributed by atoms with Crippen LogP contribution in [0.5, 0.6) is 0 Å². The summed E-state index contributed by atoms with van der Waals surface area (Å²) >= 11 is 0. The Hall–Kier alpha value is -4.13. The number of aryl methyl sites for hydroxylation is 2. The fraction of sp³-hybridized carbons (Fsp3) is 0.276. The Bertz CT molecular complexity index is 1420. The number of carboxylic acids is 1. The number of carboxylic acid groups (broad SMARTS) is 1. The summed E-state index contributed by atoms with van der Waals surface area (Å²) < 4.78 is 7.30.